The Balaban J connectivity index is 1.69. The molecule has 6 heteroatoms. The van der Waals surface area contributed by atoms with Crippen molar-refractivity contribution in [2.75, 3.05) is 0 Å². The van der Waals surface area contributed by atoms with Crippen molar-refractivity contribution >= 4 is 5.97 Å². The Hall–Kier alpha value is -0.950. The maximum atomic E-state index is 12.3. The molecule has 0 spiro atoms. The minimum absolute atomic E-state index is 0.0269. The summed E-state index contributed by atoms with van der Waals surface area (Å²) in [6.45, 7) is 16.7. The van der Waals surface area contributed by atoms with Crippen LogP contribution in [0.25, 0.3) is 0 Å². The van der Waals surface area contributed by atoms with Gasteiger partial charge in [-0.25, -0.2) is 0 Å². The molecule has 4 saturated carbocycles. The molecule has 0 heterocycles. The third-order valence-corrected chi connectivity index (χ3v) is 11.7. The van der Waals surface area contributed by atoms with E-state index in [0.717, 1.165) is 25.7 Å². The Morgan fingerprint density at radius 3 is 2.33 bits per heavy atom. The average Bonchev–Trinajstić information content (AvgIpc) is 3.11. The lowest BCUT2D eigenvalue weighted by Gasteiger charge is -2.67. The summed E-state index contributed by atoms with van der Waals surface area (Å²) in [6, 6.07) is 0. The van der Waals surface area contributed by atoms with Gasteiger partial charge in [0, 0.05) is 24.7 Å². The molecular formula is C30H50O6. The molecule has 0 saturated heterocycles. The molecule has 0 radical (unpaired) electrons. The Labute approximate surface area is 217 Å². The van der Waals surface area contributed by atoms with Crippen LogP contribution >= 0.6 is 0 Å². The van der Waals surface area contributed by atoms with Gasteiger partial charge in [-0.2, -0.15) is 0 Å². The van der Waals surface area contributed by atoms with E-state index in [9.17, 15) is 25.2 Å². The van der Waals surface area contributed by atoms with Gasteiger partial charge in [0.1, 0.15) is 11.7 Å². The summed E-state index contributed by atoms with van der Waals surface area (Å²) < 4.78 is 6.04. The quantitative estimate of drug-likeness (QED) is 0.317. The number of ether oxygens (including phenoxy) is 1. The molecule has 0 aromatic carbocycles. The van der Waals surface area contributed by atoms with E-state index in [1.807, 2.05) is 6.92 Å². The summed E-state index contributed by atoms with van der Waals surface area (Å²) in [5, 5.41) is 45.0. The lowest BCUT2D eigenvalue weighted by Crippen LogP contribution is -2.75. The van der Waals surface area contributed by atoms with Crippen molar-refractivity contribution in [1.82, 2.24) is 0 Å². The van der Waals surface area contributed by atoms with E-state index in [-0.39, 0.29) is 36.1 Å². The number of fused-ring (bicyclic) bond motifs is 5. The smallest absolute Gasteiger partial charge is 0.302 e. The van der Waals surface area contributed by atoms with Crippen LogP contribution < -0.4 is 0 Å². The largest absolute Gasteiger partial charge is 0.462 e. The van der Waals surface area contributed by atoms with Gasteiger partial charge in [-0.15, -0.1) is 0 Å². The number of carbonyl (C=O) groups excluding carboxylic acids is 1. The summed E-state index contributed by atoms with van der Waals surface area (Å²) in [4.78, 5) is 12.3. The first-order chi connectivity index (χ1) is 16.7. The molecule has 4 aliphatic carbocycles. The molecule has 4 aliphatic rings. The lowest BCUT2D eigenvalue weighted by atomic mass is 9.41. The van der Waals surface area contributed by atoms with E-state index < -0.39 is 35.4 Å². The molecule has 12 atom stereocenters. The standard InChI is InChI=1S/C30H50O6/c1-16(2)17(3)8-9-18(4)22-10-11-23-21-13-26(34)30(35)14-20(32)12-25(33)29(30,7)27(21)24(36-19(5)31)15-28(22,23)6/h16,18,20-27,32-35H,3,8-15H2,1-2,4-7H3/t18-,20+,21?,22-,23?,24-,25+,26-,27?,28-,29-,30+/m1/s1. The third kappa shape index (κ3) is 4.19. The van der Waals surface area contributed by atoms with Crippen LogP contribution in [0.1, 0.15) is 92.9 Å². The van der Waals surface area contributed by atoms with Gasteiger partial charge in [-0.1, -0.05) is 46.8 Å². The summed E-state index contributed by atoms with van der Waals surface area (Å²) in [7, 11) is 0. The Morgan fingerprint density at radius 2 is 1.72 bits per heavy atom. The number of hydrogen-bond acceptors (Lipinski definition) is 6. The van der Waals surface area contributed by atoms with E-state index in [0.29, 0.717) is 36.5 Å². The molecule has 206 valence electrons. The van der Waals surface area contributed by atoms with Crippen LogP contribution in [0.5, 0.6) is 0 Å². The molecule has 4 fully saturated rings. The molecule has 4 N–H and O–H groups in total. The molecule has 0 aliphatic heterocycles. The molecular weight excluding hydrogens is 456 g/mol. The van der Waals surface area contributed by atoms with Crippen molar-refractivity contribution in [2.45, 2.75) is 123 Å². The van der Waals surface area contributed by atoms with Crippen molar-refractivity contribution in [2.24, 2.45) is 46.3 Å². The monoisotopic (exact) mass is 506 g/mol. The van der Waals surface area contributed by atoms with Crippen LogP contribution in [0.4, 0.5) is 0 Å². The molecule has 0 bridgehead atoms. The number of aliphatic hydroxyl groups is 4. The van der Waals surface area contributed by atoms with Crippen LogP contribution in [-0.4, -0.2) is 56.4 Å². The molecule has 4 rings (SSSR count). The van der Waals surface area contributed by atoms with Crippen LogP contribution in [0.2, 0.25) is 0 Å². The number of aliphatic hydroxyl groups excluding tert-OH is 3. The van der Waals surface area contributed by atoms with E-state index in [1.54, 1.807) is 0 Å². The summed E-state index contributed by atoms with van der Waals surface area (Å²) in [6.07, 6.45) is 2.20. The van der Waals surface area contributed by atoms with Crippen LogP contribution in [-0.2, 0) is 9.53 Å². The highest BCUT2D eigenvalue weighted by atomic mass is 16.5. The topological polar surface area (TPSA) is 107 Å². The highest BCUT2D eigenvalue weighted by Crippen LogP contribution is 2.69. The van der Waals surface area contributed by atoms with Gasteiger partial charge >= 0.3 is 5.97 Å². The predicted octanol–water partition coefficient (Wildman–Crippen LogP) is 4.23. The minimum Gasteiger partial charge on any atom is -0.462 e. The molecule has 36 heavy (non-hydrogen) atoms. The number of esters is 1. The van der Waals surface area contributed by atoms with Crippen molar-refractivity contribution in [3.05, 3.63) is 12.2 Å². The number of hydrogen-bond donors (Lipinski definition) is 4. The molecule has 0 amide bonds. The maximum Gasteiger partial charge on any atom is 0.302 e. The van der Waals surface area contributed by atoms with Gasteiger partial charge in [-0.3, -0.25) is 4.79 Å². The highest BCUT2D eigenvalue weighted by Gasteiger charge is 2.72. The minimum atomic E-state index is -1.63. The fourth-order valence-corrected chi connectivity index (χ4v) is 9.61. The Kier molecular flexibility index (Phi) is 7.53. The zero-order valence-corrected chi connectivity index (χ0v) is 23.2. The SMILES string of the molecule is C=C(CC[C@@H](C)[C@H]1CCC2C3C[C@@H](O)[C@@]4(O)C[C@@H](O)C[C@H](O)[C@]4(C)C3[C@H](OC(C)=O)C[C@@]21C)C(C)C. The third-order valence-electron chi connectivity index (χ3n) is 11.7. The fourth-order valence-electron chi connectivity index (χ4n) is 9.61. The summed E-state index contributed by atoms with van der Waals surface area (Å²) >= 11 is 0. The lowest BCUT2D eigenvalue weighted by molar-refractivity contribution is -0.311. The first-order valence-corrected chi connectivity index (χ1v) is 14.3. The predicted molar refractivity (Wildman–Crippen MR) is 139 cm³/mol. The van der Waals surface area contributed by atoms with Gasteiger partial charge in [0.05, 0.1) is 18.3 Å². The summed E-state index contributed by atoms with van der Waals surface area (Å²) in [5.74, 6) is 1.19. The Bertz CT molecular complexity index is 856. The second-order valence-electron chi connectivity index (χ2n) is 13.7. The fraction of sp³-hybridized carbons (Fsp3) is 0.900. The van der Waals surface area contributed by atoms with Gasteiger partial charge in [-0.05, 0) is 80.0 Å². The molecule has 0 aromatic heterocycles. The zero-order chi connectivity index (χ0) is 26.8. The van der Waals surface area contributed by atoms with Gasteiger partial charge in [0.2, 0.25) is 0 Å². The van der Waals surface area contributed by atoms with E-state index in [1.165, 1.54) is 12.5 Å². The van der Waals surface area contributed by atoms with Gasteiger partial charge in [0.25, 0.3) is 0 Å². The normalized spacial score (nSPS) is 49.1. The van der Waals surface area contributed by atoms with Crippen molar-refractivity contribution in [3.8, 4) is 0 Å². The first-order valence-electron chi connectivity index (χ1n) is 14.3. The van der Waals surface area contributed by atoms with E-state index in [4.69, 9.17) is 4.74 Å². The van der Waals surface area contributed by atoms with E-state index in [2.05, 4.69) is 34.3 Å². The number of carbonyl (C=O) groups is 1. The van der Waals surface area contributed by atoms with Crippen LogP contribution in [0.15, 0.2) is 12.2 Å². The van der Waals surface area contributed by atoms with E-state index >= 15 is 0 Å². The maximum absolute atomic E-state index is 12.3. The Morgan fingerprint density at radius 1 is 1.06 bits per heavy atom. The molecule has 3 unspecified atom stereocenters. The zero-order valence-electron chi connectivity index (χ0n) is 23.2. The van der Waals surface area contributed by atoms with Crippen LogP contribution in [0, 0.1) is 46.3 Å². The number of allylic oxidation sites excluding steroid dienone is 1. The highest BCUT2D eigenvalue weighted by molar-refractivity contribution is 5.66. The first kappa shape index (κ1) is 28.1. The van der Waals surface area contributed by atoms with Gasteiger partial charge in [0.15, 0.2) is 0 Å². The van der Waals surface area contributed by atoms with Crippen molar-refractivity contribution in [3.63, 3.8) is 0 Å². The molecule has 6 nitrogen and oxygen atoms in total. The number of rotatable bonds is 6. The van der Waals surface area contributed by atoms with Crippen molar-refractivity contribution < 1.29 is 30.0 Å². The second-order valence-corrected chi connectivity index (χ2v) is 13.7. The van der Waals surface area contributed by atoms with Crippen molar-refractivity contribution in [1.29, 1.82) is 0 Å². The van der Waals surface area contributed by atoms with Gasteiger partial charge < -0.3 is 25.2 Å². The molecule has 0 aromatic rings. The summed E-state index contributed by atoms with van der Waals surface area (Å²) in [5.41, 5.74) is -1.46. The average molecular weight is 507 g/mol. The van der Waals surface area contributed by atoms with Crippen LogP contribution in [0.3, 0.4) is 0 Å². The second kappa shape index (κ2) is 9.66.